The van der Waals surface area contributed by atoms with E-state index in [1.54, 1.807) is 25.1 Å². The fourth-order valence-corrected chi connectivity index (χ4v) is 3.65. The van der Waals surface area contributed by atoms with Crippen LogP contribution < -0.4 is 0 Å². The van der Waals surface area contributed by atoms with Crippen molar-refractivity contribution in [1.82, 2.24) is 4.98 Å². The summed E-state index contributed by atoms with van der Waals surface area (Å²) in [5, 5.41) is 9.00. The molecule has 0 fully saturated rings. The molecule has 1 aromatic heterocycles. The number of rotatable bonds is 5. The van der Waals surface area contributed by atoms with Crippen LogP contribution in [0.2, 0.25) is 0 Å². The zero-order valence-electron chi connectivity index (χ0n) is 11.5. The van der Waals surface area contributed by atoms with Gasteiger partial charge < -0.3 is 9.84 Å². The maximum absolute atomic E-state index is 11.5. The first-order valence-electron chi connectivity index (χ1n) is 6.02. The highest BCUT2D eigenvalue weighted by Gasteiger charge is 2.14. The molecule has 5 nitrogen and oxygen atoms in total. The Morgan fingerprint density at radius 1 is 1.43 bits per heavy atom. The molecule has 0 unspecified atom stereocenters. The van der Waals surface area contributed by atoms with Crippen LogP contribution in [0.4, 0.5) is 0 Å². The van der Waals surface area contributed by atoms with Gasteiger partial charge in [0.15, 0.2) is 4.34 Å². The molecule has 0 amide bonds. The Balaban J connectivity index is 2.08. The number of aryl methyl sites for hydroxylation is 1. The van der Waals surface area contributed by atoms with Crippen molar-refractivity contribution in [1.29, 1.82) is 0 Å². The lowest BCUT2D eigenvalue weighted by Crippen LogP contribution is -2.01. The predicted molar refractivity (Wildman–Crippen MR) is 81.2 cm³/mol. The quantitative estimate of drug-likeness (QED) is 0.672. The first-order valence-corrected chi connectivity index (χ1v) is 7.82. The molecule has 0 atom stereocenters. The number of benzene rings is 1. The minimum Gasteiger partial charge on any atom is -0.477 e. The molecule has 0 radical (unpaired) electrons. The number of nitrogens with zero attached hydrogens (tertiary/aromatic N) is 1. The summed E-state index contributed by atoms with van der Waals surface area (Å²) in [5.41, 5.74) is 1.98. The van der Waals surface area contributed by atoms with Crippen LogP contribution in [0.3, 0.4) is 0 Å². The monoisotopic (exact) mass is 323 g/mol. The number of carboxylic acids is 1. The molecular formula is C14H13NO4S2. The van der Waals surface area contributed by atoms with Crippen molar-refractivity contribution in [2.75, 3.05) is 7.11 Å². The Hall–Kier alpha value is -1.86. The average Bonchev–Trinajstić information content (AvgIpc) is 2.86. The van der Waals surface area contributed by atoms with Gasteiger partial charge in [0.1, 0.15) is 4.88 Å². The summed E-state index contributed by atoms with van der Waals surface area (Å²) in [7, 11) is 1.34. The molecule has 0 aliphatic heterocycles. The van der Waals surface area contributed by atoms with Gasteiger partial charge in [0.2, 0.25) is 0 Å². The van der Waals surface area contributed by atoms with Crippen molar-refractivity contribution < 1.29 is 19.4 Å². The summed E-state index contributed by atoms with van der Waals surface area (Å²) in [5.74, 6) is -0.721. The number of hydrogen-bond acceptors (Lipinski definition) is 6. The number of methoxy groups -OCH3 is 1. The first-order chi connectivity index (χ1) is 10.0. The molecule has 0 aliphatic rings. The highest BCUT2D eigenvalue weighted by Crippen LogP contribution is 2.29. The summed E-state index contributed by atoms with van der Waals surface area (Å²) >= 11 is 2.61. The van der Waals surface area contributed by atoms with Gasteiger partial charge >= 0.3 is 11.9 Å². The fraction of sp³-hybridized carbons (Fsp3) is 0.214. The molecule has 0 bridgehead atoms. The Labute approximate surface area is 130 Å². The Morgan fingerprint density at radius 2 is 2.19 bits per heavy atom. The van der Waals surface area contributed by atoms with Crippen molar-refractivity contribution >= 4 is 35.0 Å². The molecule has 0 spiro atoms. The normalized spacial score (nSPS) is 10.4. The van der Waals surface area contributed by atoms with Crippen molar-refractivity contribution in [2.24, 2.45) is 0 Å². The smallest absolute Gasteiger partial charge is 0.347 e. The SMILES string of the molecule is COC(=O)c1cccc(CSc2nc(C)c(C(=O)O)s2)c1. The van der Waals surface area contributed by atoms with Gasteiger partial charge in [0.05, 0.1) is 18.4 Å². The van der Waals surface area contributed by atoms with Gasteiger partial charge in [-0.15, -0.1) is 11.3 Å². The molecule has 0 saturated heterocycles. The average molecular weight is 323 g/mol. The second-order valence-electron chi connectivity index (χ2n) is 4.18. The number of carbonyl (C=O) groups is 2. The standard InChI is InChI=1S/C14H13NO4S2/c1-8-11(12(16)17)21-14(15-8)20-7-9-4-3-5-10(6-9)13(18)19-2/h3-6H,7H2,1-2H3,(H,16,17). The van der Waals surface area contributed by atoms with E-state index in [0.717, 1.165) is 16.9 Å². The van der Waals surface area contributed by atoms with E-state index >= 15 is 0 Å². The van der Waals surface area contributed by atoms with Gasteiger partial charge in [0.25, 0.3) is 0 Å². The number of aromatic nitrogens is 1. The number of carboxylic acid groups (broad SMARTS) is 1. The zero-order chi connectivity index (χ0) is 15.4. The molecule has 1 N–H and O–H groups in total. The molecule has 2 aromatic rings. The number of hydrogen-bond donors (Lipinski definition) is 1. The molecule has 0 aliphatic carbocycles. The van der Waals surface area contributed by atoms with E-state index in [-0.39, 0.29) is 10.8 Å². The van der Waals surface area contributed by atoms with E-state index in [9.17, 15) is 9.59 Å². The lowest BCUT2D eigenvalue weighted by Gasteiger charge is -2.02. The lowest BCUT2D eigenvalue weighted by atomic mass is 10.1. The summed E-state index contributed by atoms with van der Waals surface area (Å²) in [6, 6.07) is 7.14. The van der Waals surface area contributed by atoms with E-state index in [0.29, 0.717) is 21.3 Å². The predicted octanol–water partition coefficient (Wildman–Crippen LogP) is 3.23. The van der Waals surface area contributed by atoms with Crippen LogP contribution in [0.5, 0.6) is 0 Å². The second kappa shape index (κ2) is 6.73. The topological polar surface area (TPSA) is 76.5 Å². The number of thiazole rings is 1. The van der Waals surface area contributed by atoms with Crippen LogP contribution in [-0.4, -0.2) is 29.1 Å². The molecule has 2 rings (SSSR count). The van der Waals surface area contributed by atoms with Gasteiger partial charge in [-0.2, -0.15) is 0 Å². The largest absolute Gasteiger partial charge is 0.477 e. The molecule has 1 heterocycles. The van der Waals surface area contributed by atoms with Crippen molar-refractivity contribution in [3.63, 3.8) is 0 Å². The third kappa shape index (κ3) is 3.83. The lowest BCUT2D eigenvalue weighted by molar-refractivity contribution is 0.0599. The molecule has 0 saturated carbocycles. The van der Waals surface area contributed by atoms with Crippen molar-refractivity contribution in [2.45, 2.75) is 17.0 Å². The third-order valence-electron chi connectivity index (χ3n) is 2.68. The Bertz CT molecular complexity index is 681. The molecular weight excluding hydrogens is 310 g/mol. The zero-order valence-corrected chi connectivity index (χ0v) is 13.1. The summed E-state index contributed by atoms with van der Waals surface area (Å²) in [4.78, 5) is 26.9. The number of aromatic carboxylic acids is 1. The van der Waals surface area contributed by atoms with Gasteiger partial charge in [0, 0.05) is 5.75 Å². The number of carbonyl (C=O) groups excluding carboxylic acids is 1. The van der Waals surface area contributed by atoms with Gasteiger partial charge in [-0.25, -0.2) is 14.6 Å². The maximum Gasteiger partial charge on any atom is 0.347 e. The second-order valence-corrected chi connectivity index (χ2v) is 6.40. The Kier molecular flexibility index (Phi) is 4.98. The first kappa shape index (κ1) is 15.5. The van der Waals surface area contributed by atoms with Crippen LogP contribution in [-0.2, 0) is 10.5 Å². The van der Waals surface area contributed by atoms with E-state index in [2.05, 4.69) is 9.72 Å². The molecule has 7 heteroatoms. The number of ether oxygens (including phenoxy) is 1. The number of thioether (sulfide) groups is 1. The van der Waals surface area contributed by atoms with Crippen LogP contribution in [0.1, 0.15) is 31.3 Å². The van der Waals surface area contributed by atoms with Gasteiger partial charge in [-0.1, -0.05) is 23.9 Å². The minimum atomic E-state index is -0.954. The summed E-state index contributed by atoms with van der Waals surface area (Å²) in [6.07, 6.45) is 0. The summed E-state index contributed by atoms with van der Waals surface area (Å²) in [6.45, 7) is 1.68. The number of esters is 1. The van der Waals surface area contributed by atoms with E-state index in [1.165, 1.54) is 18.9 Å². The maximum atomic E-state index is 11.5. The molecule has 110 valence electrons. The summed E-state index contributed by atoms with van der Waals surface area (Å²) < 4.78 is 5.38. The fourth-order valence-electron chi connectivity index (χ4n) is 1.68. The van der Waals surface area contributed by atoms with E-state index in [4.69, 9.17) is 5.11 Å². The Morgan fingerprint density at radius 3 is 2.81 bits per heavy atom. The highest BCUT2D eigenvalue weighted by molar-refractivity contribution is 8.00. The van der Waals surface area contributed by atoms with E-state index in [1.807, 2.05) is 6.07 Å². The minimum absolute atomic E-state index is 0.265. The third-order valence-corrected chi connectivity index (χ3v) is 5.04. The van der Waals surface area contributed by atoms with Crippen molar-refractivity contribution in [3.8, 4) is 0 Å². The van der Waals surface area contributed by atoms with Crippen LogP contribution >= 0.6 is 23.1 Å². The van der Waals surface area contributed by atoms with Crippen LogP contribution in [0.25, 0.3) is 0 Å². The molecule has 21 heavy (non-hydrogen) atoms. The highest BCUT2D eigenvalue weighted by atomic mass is 32.2. The molecule has 1 aromatic carbocycles. The van der Waals surface area contributed by atoms with Crippen molar-refractivity contribution in [3.05, 3.63) is 46.0 Å². The van der Waals surface area contributed by atoms with E-state index < -0.39 is 5.97 Å². The van der Waals surface area contributed by atoms with Crippen LogP contribution in [0.15, 0.2) is 28.6 Å². The van der Waals surface area contributed by atoms with Gasteiger partial charge in [-0.3, -0.25) is 0 Å². The van der Waals surface area contributed by atoms with Crippen LogP contribution in [0, 0.1) is 6.92 Å². The van der Waals surface area contributed by atoms with Gasteiger partial charge in [-0.05, 0) is 24.6 Å².